The number of sulfonamides is 1. The molecule has 1 N–H and O–H groups in total. The molecule has 2 heterocycles. The standard InChI is InChI=1S/C27H44N4O3S/c1-3-29-16-18-30(19-17-29)27(12-5-4-6-13-27)22-28-21-26(32)24-8-7-9-25(20-24)35(33,34)31-14-10-23(2)11-15-31/h7-9,20,23,28H,3-6,10-19,21-22H2,1-2H3. The molecule has 35 heavy (non-hydrogen) atoms. The molecular weight excluding hydrogens is 460 g/mol. The number of ketones is 1. The summed E-state index contributed by atoms with van der Waals surface area (Å²) < 4.78 is 27.9. The Bertz CT molecular complexity index is 945. The first-order valence-corrected chi connectivity index (χ1v) is 15.1. The summed E-state index contributed by atoms with van der Waals surface area (Å²) in [7, 11) is -3.56. The van der Waals surface area contributed by atoms with Gasteiger partial charge in [-0.3, -0.25) is 9.69 Å². The van der Waals surface area contributed by atoms with Crippen LogP contribution >= 0.6 is 0 Å². The van der Waals surface area contributed by atoms with Crippen molar-refractivity contribution < 1.29 is 13.2 Å². The summed E-state index contributed by atoms with van der Waals surface area (Å²) in [6.45, 7) is 12.1. The molecule has 0 spiro atoms. The highest BCUT2D eigenvalue weighted by atomic mass is 32.2. The fourth-order valence-electron chi connectivity index (χ4n) is 6.07. The molecule has 0 radical (unpaired) electrons. The van der Waals surface area contributed by atoms with Gasteiger partial charge in [-0.05, 0) is 50.3 Å². The van der Waals surface area contributed by atoms with Crippen LogP contribution in [0.5, 0.6) is 0 Å². The molecule has 4 rings (SSSR count). The monoisotopic (exact) mass is 504 g/mol. The van der Waals surface area contributed by atoms with Crippen LogP contribution in [0.15, 0.2) is 29.2 Å². The minimum Gasteiger partial charge on any atom is -0.308 e. The van der Waals surface area contributed by atoms with E-state index in [2.05, 4.69) is 29.0 Å². The zero-order valence-electron chi connectivity index (χ0n) is 21.7. The van der Waals surface area contributed by atoms with Crippen LogP contribution in [0.3, 0.4) is 0 Å². The summed E-state index contributed by atoms with van der Waals surface area (Å²) >= 11 is 0. The van der Waals surface area contributed by atoms with Gasteiger partial charge in [0.25, 0.3) is 0 Å². The van der Waals surface area contributed by atoms with Crippen LogP contribution in [-0.4, -0.2) is 92.7 Å². The summed E-state index contributed by atoms with van der Waals surface area (Å²) in [5.41, 5.74) is 0.604. The Morgan fingerprint density at radius 1 is 1.03 bits per heavy atom. The number of hydrogen-bond donors (Lipinski definition) is 1. The first kappa shape index (κ1) is 26.7. The molecule has 1 saturated carbocycles. The maximum Gasteiger partial charge on any atom is 0.243 e. The van der Waals surface area contributed by atoms with Crippen molar-refractivity contribution in [1.82, 2.24) is 19.4 Å². The molecule has 1 aliphatic carbocycles. The minimum atomic E-state index is -3.56. The van der Waals surface area contributed by atoms with Crippen LogP contribution in [0.4, 0.5) is 0 Å². The predicted molar refractivity (Wildman–Crippen MR) is 140 cm³/mol. The van der Waals surface area contributed by atoms with Gasteiger partial charge in [0.1, 0.15) is 0 Å². The van der Waals surface area contributed by atoms with Crippen LogP contribution in [-0.2, 0) is 10.0 Å². The topological polar surface area (TPSA) is 73.0 Å². The zero-order chi connectivity index (χ0) is 24.9. The van der Waals surface area contributed by atoms with Gasteiger partial charge in [0, 0.05) is 56.9 Å². The van der Waals surface area contributed by atoms with E-state index in [1.165, 1.54) is 32.1 Å². The van der Waals surface area contributed by atoms with Crippen molar-refractivity contribution in [2.75, 3.05) is 58.9 Å². The largest absolute Gasteiger partial charge is 0.308 e. The van der Waals surface area contributed by atoms with Crippen molar-refractivity contribution in [1.29, 1.82) is 0 Å². The van der Waals surface area contributed by atoms with E-state index in [-0.39, 0.29) is 22.8 Å². The fourth-order valence-corrected chi connectivity index (χ4v) is 7.58. The maximum absolute atomic E-state index is 13.1. The SMILES string of the molecule is CCN1CCN(C2(CNCC(=O)c3cccc(S(=O)(=O)N4CCC(C)CC4)c3)CCCCC2)CC1. The minimum absolute atomic E-state index is 0.0453. The van der Waals surface area contributed by atoms with Crippen molar-refractivity contribution in [2.45, 2.75) is 69.2 Å². The number of Topliss-reactive ketones (excluding diaryl/α,β-unsaturated/α-hetero) is 1. The molecule has 0 unspecified atom stereocenters. The van der Waals surface area contributed by atoms with Gasteiger partial charge in [-0.2, -0.15) is 4.31 Å². The van der Waals surface area contributed by atoms with Gasteiger partial charge in [0.05, 0.1) is 11.4 Å². The lowest BCUT2D eigenvalue weighted by Gasteiger charge is -2.50. The first-order chi connectivity index (χ1) is 16.8. The molecule has 1 aromatic carbocycles. The summed E-state index contributed by atoms with van der Waals surface area (Å²) in [5, 5.41) is 3.48. The quantitative estimate of drug-likeness (QED) is 0.521. The van der Waals surface area contributed by atoms with E-state index in [0.29, 0.717) is 24.6 Å². The second-order valence-electron chi connectivity index (χ2n) is 10.8. The van der Waals surface area contributed by atoms with Crippen LogP contribution in [0.2, 0.25) is 0 Å². The number of hydrogen-bond acceptors (Lipinski definition) is 6. The summed E-state index contributed by atoms with van der Waals surface area (Å²) in [6, 6.07) is 6.62. The van der Waals surface area contributed by atoms with Crippen molar-refractivity contribution in [3.05, 3.63) is 29.8 Å². The number of benzene rings is 1. The molecule has 2 saturated heterocycles. The Kier molecular flexibility index (Phi) is 9.03. The van der Waals surface area contributed by atoms with Gasteiger partial charge in [-0.25, -0.2) is 8.42 Å². The van der Waals surface area contributed by atoms with Gasteiger partial charge < -0.3 is 10.2 Å². The van der Waals surface area contributed by atoms with Gasteiger partial charge in [0.15, 0.2) is 5.78 Å². The third kappa shape index (κ3) is 6.34. The first-order valence-electron chi connectivity index (χ1n) is 13.7. The Morgan fingerprint density at radius 2 is 1.71 bits per heavy atom. The lowest BCUT2D eigenvalue weighted by Crippen LogP contribution is -2.61. The van der Waals surface area contributed by atoms with Crippen LogP contribution in [0, 0.1) is 5.92 Å². The number of nitrogens with one attached hydrogen (secondary N) is 1. The van der Waals surface area contributed by atoms with Crippen LogP contribution < -0.4 is 5.32 Å². The highest BCUT2D eigenvalue weighted by Gasteiger charge is 2.39. The number of nitrogens with zero attached hydrogens (tertiary/aromatic N) is 3. The molecule has 0 aromatic heterocycles. The van der Waals surface area contributed by atoms with Crippen molar-refractivity contribution in [3.63, 3.8) is 0 Å². The number of likely N-dealkylation sites (N-methyl/N-ethyl adjacent to an activating group) is 1. The van der Waals surface area contributed by atoms with E-state index in [4.69, 9.17) is 0 Å². The smallest absolute Gasteiger partial charge is 0.243 e. The van der Waals surface area contributed by atoms with E-state index in [0.717, 1.165) is 52.1 Å². The van der Waals surface area contributed by atoms with Crippen LogP contribution in [0.1, 0.15) is 69.2 Å². The maximum atomic E-state index is 13.1. The van der Waals surface area contributed by atoms with Gasteiger partial charge in [-0.1, -0.05) is 45.2 Å². The van der Waals surface area contributed by atoms with Crippen LogP contribution in [0.25, 0.3) is 0 Å². The molecule has 1 aromatic rings. The van der Waals surface area contributed by atoms with E-state index in [1.807, 2.05) is 0 Å². The van der Waals surface area contributed by atoms with Gasteiger partial charge in [-0.15, -0.1) is 0 Å². The molecule has 3 aliphatic rings. The fraction of sp³-hybridized carbons (Fsp3) is 0.741. The Balaban J connectivity index is 1.37. The Morgan fingerprint density at radius 3 is 2.37 bits per heavy atom. The second-order valence-corrected chi connectivity index (χ2v) is 12.8. The van der Waals surface area contributed by atoms with E-state index in [9.17, 15) is 13.2 Å². The average molecular weight is 505 g/mol. The van der Waals surface area contributed by atoms with Crippen molar-refractivity contribution in [3.8, 4) is 0 Å². The Hall–Kier alpha value is -1.32. The molecule has 3 fully saturated rings. The number of carbonyl (C=O) groups is 1. The number of piperidine rings is 1. The molecular formula is C27H44N4O3S. The highest BCUT2D eigenvalue weighted by molar-refractivity contribution is 7.89. The highest BCUT2D eigenvalue weighted by Crippen LogP contribution is 2.34. The normalized spacial score (nSPS) is 23.4. The van der Waals surface area contributed by atoms with E-state index < -0.39 is 10.0 Å². The Labute approximate surface area is 212 Å². The van der Waals surface area contributed by atoms with E-state index >= 15 is 0 Å². The number of carbonyl (C=O) groups excluding carboxylic acids is 1. The van der Waals surface area contributed by atoms with E-state index in [1.54, 1.807) is 28.6 Å². The molecule has 0 bridgehead atoms. The van der Waals surface area contributed by atoms with Crippen molar-refractivity contribution >= 4 is 15.8 Å². The second kappa shape index (κ2) is 11.8. The molecule has 0 atom stereocenters. The number of piperazine rings is 1. The summed E-state index contributed by atoms with van der Waals surface area (Å²) in [4.78, 5) is 18.5. The lowest BCUT2D eigenvalue weighted by molar-refractivity contribution is 0.00929. The molecule has 0 amide bonds. The molecule has 196 valence electrons. The molecule has 2 aliphatic heterocycles. The average Bonchev–Trinajstić information content (AvgIpc) is 2.89. The third-order valence-electron chi connectivity index (χ3n) is 8.55. The number of rotatable bonds is 9. The predicted octanol–water partition coefficient (Wildman–Crippen LogP) is 3.22. The van der Waals surface area contributed by atoms with Crippen molar-refractivity contribution in [2.24, 2.45) is 5.92 Å². The molecule has 7 nitrogen and oxygen atoms in total. The van der Waals surface area contributed by atoms with Gasteiger partial charge in [0.2, 0.25) is 10.0 Å². The lowest BCUT2D eigenvalue weighted by atomic mass is 9.79. The summed E-state index contributed by atoms with van der Waals surface area (Å²) in [6.07, 6.45) is 7.93. The molecule has 8 heteroatoms. The van der Waals surface area contributed by atoms with Gasteiger partial charge >= 0.3 is 0 Å². The summed E-state index contributed by atoms with van der Waals surface area (Å²) in [5.74, 6) is 0.513. The zero-order valence-corrected chi connectivity index (χ0v) is 22.5. The third-order valence-corrected chi connectivity index (χ3v) is 10.4.